The highest BCUT2D eigenvalue weighted by molar-refractivity contribution is 5.51. The maximum Gasteiger partial charge on any atom is 0.132 e. The van der Waals surface area contributed by atoms with Gasteiger partial charge in [0.2, 0.25) is 0 Å². The van der Waals surface area contributed by atoms with Crippen LogP contribution < -0.4 is 4.90 Å². The van der Waals surface area contributed by atoms with E-state index in [-0.39, 0.29) is 6.61 Å². The minimum absolute atomic E-state index is 0.0853. The van der Waals surface area contributed by atoms with Gasteiger partial charge in [-0.15, -0.1) is 0 Å². The summed E-state index contributed by atoms with van der Waals surface area (Å²) in [5.74, 6) is 1.12. The molecule has 4 nitrogen and oxygen atoms in total. The first-order valence-corrected chi connectivity index (χ1v) is 6.09. The van der Waals surface area contributed by atoms with Crippen LogP contribution in [0.3, 0.4) is 0 Å². The Bertz CT molecular complexity index is 373. The van der Waals surface area contributed by atoms with E-state index >= 15 is 0 Å². The SMILES string of the molecule is CCC1CCCN1c1c(CO)c(C)nn1C. The van der Waals surface area contributed by atoms with Crippen molar-refractivity contribution in [1.29, 1.82) is 0 Å². The van der Waals surface area contributed by atoms with Gasteiger partial charge in [-0.25, -0.2) is 0 Å². The molecule has 0 aromatic carbocycles. The molecular weight excluding hydrogens is 202 g/mol. The molecule has 1 aromatic rings. The Morgan fingerprint density at radius 3 is 2.88 bits per heavy atom. The predicted octanol–water partition coefficient (Wildman–Crippen LogP) is 1.60. The monoisotopic (exact) mass is 223 g/mol. The van der Waals surface area contributed by atoms with Crippen molar-refractivity contribution in [2.75, 3.05) is 11.4 Å². The molecule has 90 valence electrons. The normalized spacial score (nSPS) is 20.8. The van der Waals surface area contributed by atoms with E-state index < -0.39 is 0 Å². The van der Waals surface area contributed by atoms with Gasteiger partial charge in [-0.1, -0.05) is 6.92 Å². The fourth-order valence-electron chi connectivity index (χ4n) is 2.77. The zero-order valence-electron chi connectivity index (χ0n) is 10.4. The zero-order chi connectivity index (χ0) is 11.7. The molecule has 1 N–H and O–H groups in total. The molecule has 0 bridgehead atoms. The number of aryl methyl sites for hydroxylation is 2. The van der Waals surface area contributed by atoms with Crippen molar-refractivity contribution in [3.8, 4) is 0 Å². The molecule has 0 spiro atoms. The van der Waals surface area contributed by atoms with E-state index in [2.05, 4.69) is 16.9 Å². The van der Waals surface area contributed by atoms with Gasteiger partial charge in [-0.3, -0.25) is 4.68 Å². The Kier molecular flexibility index (Phi) is 3.19. The second kappa shape index (κ2) is 4.45. The molecule has 1 aromatic heterocycles. The molecule has 16 heavy (non-hydrogen) atoms. The van der Waals surface area contributed by atoms with Gasteiger partial charge < -0.3 is 10.0 Å². The lowest BCUT2D eigenvalue weighted by atomic mass is 10.1. The fraction of sp³-hybridized carbons (Fsp3) is 0.750. The fourth-order valence-corrected chi connectivity index (χ4v) is 2.77. The molecule has 4 heteroatoms. The van der Waals surface area contributed by atoms with Crippen LogP contribution in [0.15, 0.2) is 0 Å². The summed E-state index contributed by atoms with van der Waals surface area (Å²) in [4.78, 5) is 2.41. The molecule has 0 amide bonds. The van der Waals surface area contributed by atoms with Crippen LogP contribution in [0.2, 0.25) is 0 Å². The Morgan fingerprint density at radius 1 is 1.50 bits per heavy atom. The first-order chi connectivity index (χ1) is 7.69. The van der Waals surface area contributed by atoms with E-state index in [1.54, 1.807) is 0 Å². The summed E-state index contributed by atoms with van der Waals surface area (Å²) in [6.07, 6.45) is 3.66. The smallest absolute Gasteiger partial charge is 0.132 e. The summed E-state index contributed by atoms with van der Waals surface area (Å²) >= 11 is 0. The van der Waals surface area contributed by atoms with Gasteiger partial charge >= 0.3 is 0 Å². The van der Waals surface area contributed by atoms with Crippen molar-refractivity contribution < 1.29 is 5.11 Å². The Labute approximate surface area is 96.9 Å². The Hall–Kier alpha value is -1.03. The third-order valence-corrected chi connectivity index (χ3v) is 3.59. The van der Waals surface area contributed by atoms with Gasteiger partial charge in [0.25, 0.3) is 0 Å². The molecule has 0 aliphatic carbocycles. The average molecular weight is 223 g/mol. The van der Waals surface area contributed by atoms with Crippen LogP contribution in [0.25, 0.3) is 0 Å². The van der Waals surface area contributed by atoms with Crippen LogP contribution in [0.4, 0.5) is 5.82 Å². The van der Waals surface area contributed by atoms with E-state index in [9.17, 15) is 5.11 Å². The van der Waals surface area contributed by atoms with Crippen LogP contribution in [0.5, 0.6) is 0 Å². The summed E-state index contributed by atoms with van der Waals surface area (Å²) in [6.45, 7) is 5.36. The molecule has 1 fully saturated rings. The summed E-state index contributed by atoms with van der Waals surface area (Å²) in [6, 6.07) is 0.611. The van der Waals surface area contributed by atoms with Crippen molar-refractivity contribution in [2.45, 2.75) is 45.8 Å². The number of nitrogens with zero attached hydrogens (tertiary/aromatic N) is 3. The first-order valence-electron chi connectivity index (χ1n) is 6.09. The predicted molar refractivity (Wildman–Crippen MR) is 64.5 cm³/mol. The molecule has 0 saturated carbocycles. The standard InChI is InChI=1S/C12H21N3O/c1-4-10-6-5-7-15(10)12-11(8-16)9(2)13-14(12)3/h10,16H,4-8H2,1-3H3. The maximum absolute atomic E-state index is 9.45. The van der Waals surface area contributed by atoms with Crippen LogP contribution in [0, 0.1) is 6.92 Å². The van der Waals surface area contributed by atoms with Crippen molar-refractivity contribution >= 4 is 5.82 Å². The molecule has 1 aliphatic heterocycles. The van der Waals surface area contributed by atoms with Gasteiger partial charge in [0.05, 0.1) is 12.3 Å². The van der Waals surface area contributed by atoms with Crippen LogP contribution in [-0.2, 0) is 13.7 Å². The van der Waals surface area contributed by atoms with E-state index in [0.29, 0.717) is 6.04 Å². The average Bonchev–Trinajstić information content (AvgIpc) is 2.81. The molecule has 0 radical (unpaired) electrons. The number of anilines is 1. The van der Waals surface area contributed by atoms with E-state index in [4.69, 9.17) is 0 Å². The minimum atomic E-state index is 0.0853. The highest BCUT2D eigenvalue weighted by atomic mass is 16.3. The van der Waals surface area contributed by atoms with Gasteiger partial charge in [0, 0.05) is 25.2 Å². The van der Waals surface area contributed by atoms with Crippen molar-refractivity contribution in [3.63, 3.8) is 0 Å². The lowest BCUT2D eigenvalue weighted by Gasteiger charge is -2.26. The second-order valence-electron chi connectivity index (χ2n) is 4.57. The number of rotatable bonds is 3. The number of hydrogen-bond acceptors (Lipinski definition) is 3. The van der Waals surface area contributed by atoms with Crippen molar-refractivity contribution in [2.24, 2.45) is 7.05 Å². The lowest BCUT2D eigenvalue weighted by Crippen LogP contribution is -2.31. The highest BCUT2D eigenvalue weighted by Crippen LogP contribution is 2.31. The quantitative estimate of drug-likeness (QED) is 0.846. The van der Waals surface area contributed by atoms with Gasteiger partial charge in [0.1, 0.15) is 5.82 Å². The molecule has 1 atom stereocenters. The summed E-state index contributed by atoms with van der Waals surface area (Å²) < 4.78 is 1.91. The lowest BCUT2D eigenvalue weighted by molar-refractivity contribution is 0.281. The summed E-state index contributed by atoms with van der Waals surface area (Å²) in [5, 5.41) is 13.9. The molecule has 1 unspecified atom stereocenters. The molecule has 2 rings (SSSR count). The largest absolute Gasteiger partial charge is 0.391 e. The van der Waals surface area contributed by atoms with Crippen molar-refractivity contribution in [3.05, 3.63) is 11.3 Å². The third kappa shape index (κ3) is 1.71. The maximum atomic E-state index is 9.45. The van der Waals surface area contributed by atoms with E-state index in [1.165, 1.54) is 12.8 Å². The number of aliphatic hydroxyl groups is 1. The van der Waals surface area contributed by atoms with E-state index in [0.717, 1.165) is 30.0 Å². The molecule has 2 heterocycles. The van der Waals surface area contributed by atoms with Crippen LogP contribution in [0.1, 0.15) is 37.4 Å². The topological polar surface area (TPSA) is 41.3 Å². The third-order valence-electron chi connectivity index (χ3n) is 3.59. The van der Waals surface area contributed by atoms with E-state index in [1.807, 2.05) is 18.7 Å². The Morgan fingerprint density at radius 2 is 2.25 bits per heavy atom. The first kappa shape index (κ1) is 11.5. The minimum Gasteiger partial charge on any atom is -0.391 e. The van der Waals surface area contributed by atoms with Crippen molar-refractivity contribution in [1.82, 2.24) is 9.78 Å². The summed E-state index contributed by atoms with van der Waals surface area (Å²) in [7, 11) is 1.96. The molecular formula is C12H21N3O. The summed E-state index contributed by atoms with van der Waals surface area (Å²) in [5.41, 5.74) is 1.93. The molecule has 1 aliphatic rings. The number of aromatic nitrogens is 2. The molecule has 1 saturated heterocycles. The Balaban J connectivity index is 2.38. The van der Waals surface area contributed by atoms with Crippen LogP contribution in [-0.4, -0.2) is 27.5 Å². The number of hydrogen-bond donors (Lipinski definition) is 1. The highest BCUT2D eigenvalue weighted by Gasteiger charge is 2.28. The second-order valence-corrected chi connectivity index (χ2v) is 4.57. The van der Waals surface area contributed by atoms with Gasteiger partial charge in [-0.05, 0) is 26.2 Å². The van der Waals surface area contributed by atoms with Gasteiger partial charge in [0.15, 0.2) is 0 Å². The van der Waals surface area contributed by atoms with Gasteiger partial charge in [-0.2, -0.15) is 5.10 Å². The zero-order valence-corrected chi connectivity index (χ0v) is 10.4. The number of aliphatic hydroxyl groups excluding tert-OH is 1. The van der Waals surface area contributed by atoms with Crippen LogP contribution >= 0.6 is 0 Å².